The summed E-state index contributed by atoms with van der Waals surface area (Å²) in [6.45, 7) is 11.7. The van der Waals surface area contributed by atoms with E-state index in [1.165, 1.54) is 6.20 Å². The number of pyridine rings is 1. The maximum Gasteiger partial charge on any atom is 0.404 e. The Morgan fingerprint density at radius 1 is 1.42 bits per heavy atom. The minimum absolute atomic E-state index is 0.0542. The van der Waals surface area contributed by atoms with Crippen LogP contribution in [-0.2, 0) is 11.0 Å². The van der Waals surface area contributed by atoms with E-state index in [-0.39, 0.29) is 11.6 Å². The third-order valence-corrected chi connectivity index (χ3v) is 8.65. The number of terminal acetylenes is 1. The Kier molecular flexibility index (Phi) is 6.81. The van der Waals surface area contributed by atoms with Gasteiger partial charge >= 0.3 is 6.09 Å². The van der Waals surface area contributed by atoms with Crippen molar-refractivity contribution >= 4 is 14.4 Å². The molecule has 1 amide bonds. The Bertz CT molecular complexity index is 618. The molecule has 0 bridgehead atoms. The van der Waals surface area contributed by atoms with Gasteiger partial charge in [0.15, 0.2) is 8.32 Å². The Morgan fingerprint density at radius 2 is 2.08 bits per heavy atom. The summed E-state index contributed by atoms with van der Waals surface area (Å²) in [5.41, 5.74) is 1.07. The van der Waals surface area contributed by atoms with Crippen LogP contribution in [0.25, 0.3) is 0 Å². The molecule has 0 radical (unpaired) electrons. The van der Waals surface area contributed by atoms with E-state index in [4.69, 9.17) is 20.7 Å². The first kappa shape index (κ1) is 20.0. The zero-order chi connectivity index (χ0) is 18.4. The molecule has 0 spiro atoms. The van der Waals surface area contributed by atoms with Gasteiger partial charge in [0.2, 0.25) is 0 Å². The number of aromatic nitrogens is 1. The van der Waals surface area contributed by atoms with Crippen molar-refractivity contribution < 1.29 is 19.1 Å². The smallest absolute Gasteiger partial charge is 0.404 e. The average Bonchev–Trinajstić information content (AvgIpc) is 2.48. The highest BCUT2D eigenvalue weighted by molar-refractivity contribution is 6.74. The topological polar surface area (TPSA) is 80.7 Å². The number of carbonyl (C=O) groups is 1. The molecule has 132 valence electrons. The van der Waals surface area contributed by atoms with Crippen molar-refractivity contribution in [1.82, 2.24) is 10.3 Å². The number of rotatable bonds is 7. The molecule has 0 atom stereocenters. The maximum atomic E-state index is 10.6. The van der Waals surface area contributed by atoms with Crippen LogP contribution >= 0.6 is 0 Å². The molecule has 0 aromatic carbocycles. The van der Waals surface area contributed by atoms with Crippen molar-refractivity contribution in [1.29, 1.82) is 0 Å². The molecular formula is C17H26N2O4Si. The van der Waals surface area contributed by atoms with E-state index in [1.807, 2.05) is 0 Å². The fourth-order valence-electron chi connectivity index (χ4n) is 1.63. The van der Waals surface area contributed by atoms with Gasteiger partial charge in [0.05, 0.1) is 13.2 Å². The van der Waals surface area contributed by atoms with Gasteiger partial charge in [-0.3, -0.25) is 4.98 Å². The van der Waals surface area contributed by atoms with Gasteiger partial charge < -0.3 is 19.6 Å². The lowest BCUT2D eigenvalue weighted by molar-refractivity contribution is 0.192. The molecule has 24 heavy (non-hydrogen) atoms. The number of ether oxygens (including phenoxy) is 1. The van der Waals surface area contributed by atoms with Crippen LogP contribution < -0.4 is 10.1 Å². The second-order valence-corrected chi connectivity index (χ2v) is 11.7. The molecule has 0 fully saturated rings. The summed E-state index contributed by atoms with van der Waals surface area (Å²) < 4.78 is 11.8. The molecule has 1 aromatic rings. The minimum atomic E-state index is -1.82. The van der Waals surface area contributed by atoms with Crippen LogP contribution in [0.5, 0.6) is 5.75 Å². The van der Waals surface area contributed by atoms with Crippen molar-refractivity contribution in [2.24, 2.45) is 0 Å². The van der Waals surface area contributed by atoms with Crippen molar-refractivity contribution in [3.05, 3.63) is 23.5 Å². The fraction of sp³-hybridized carbons (Fsp3) is 0.529. The average molecular weight is 350 g/mol. The number of carboxylic acid groups (broad SMARTS) is 1. The van der Waals surface area contributed by atoms with E-state index in [1.54, 1.807) is 6.07 Å². The highest BCUT2D eigenvalue weighted by Crippen LogP contribution is 2.36. The van der Waals surface area contributed by atoms with Gasteiger partial charge in [-0.2, -0.15) is 0 Å². The molecule has 1 rings (SSSR count). The lowest BCUT2D eigenvalue weighted by Gasteiger charge is -2.36. The summed E-state index contributed by atoms with van der Waals surface area (Å²) in [7, 11) is -1.82. The summed E-state index contributed by atoms with van der Waals surface area (Å²) in [4.78, 5) is 14.8. The highest BCUT2D eigenvalue weighted by atomic mass is 28.4. The summed E-state index contributed by atoms with van der Waals surface area (Å²) in [5.74, 6) is 2.96. The Balaban J connectivity index is 2.69. The van der Waals surface area contributed by atoms with Crippen molar-refractivity contribution in [3.8, 4) is 18.1 Å². The molecule has 1 heterocycles. The lowest BCUT2D eigenvalue weighted by atomic mass is 10.2. The molecule has 0 aliphatic carbocycles. The zero-order valence-corrected chi connectivity index (χ0v) is 16.0. The quantitative estimate of drug-likeness (QED) is 0.448. The van der Waals surface area contributed by atoms with E-state index < -0.39 is 14.4 Å². The Hall–Kier alpha value is -2.04. The SMILES string of the molecule is C#Cc1cnc(CNC(=O)O)c(OCCO[Si](C)(C)C(C)(C)C)c1. The first-order valence-electron chi connectivity index (χ1n) is 7.76. The summed E-state index contributed by atoms with van der Waals surface area (Å²) in [6, 6.07) is 1.68. The summed E-state index contributed by atoms with van der Waals surface area (Å²) >= 11 is 0. The van der Waals surface area contributed by atoms with Crippen LogP contribution in [0.4, 0.5) is 4.79 Å². The van der Waals surface area contributed by atoms with Gasteiger partial charge in [0, 0.05) is 11.8 Å². The number of hydrogen-bond acceptors (Lipinski definition) is 4. The largest absolute Gasteiger partial charge is 0.489 e. The highest BCUT2D eigenvalue weighted by Gasteiger charge is 2.36. The van der Waals surface area contributed by atoms with E-state index in [2.05, 4.69) is 50.1 Å². The number of nitrogens with zero attached hydrogens (tertiary/aromatic N) is 1. The number of amides is 1. The van der Waals surface area contributed by atoms with Crippen LogP contribution in [-0.4, -0.2) is 37.7 Å². The molecule has 0 aliphatic rings. The molecule has 7 heteroatoms. The Morgan fingerprint density at radius 3 is 2.62 bits per heavy atom. The second kappa shape index (κ2) is 8.17. The van der Waals surface area contributed by atoms with E-state index in [0.29, 0.717) is 30.2 Å². The third kappa shape index (κ3) is 5.87. The zero-order valence-electron chi connectivity index (χ0n) is 15.0. The monoisotopic (exact) mass is 350 g/mol. The van der Waals surface area contributed by atoms with E-state index in [9.17, 15) is 4.79 Å². The molecule has 0 saturated heterocycles. The molecule has 1 aromatic heterocycles. The summed E-state index contributed by atoms with van der Waals surface area (Å²) in [6.07, 6.45) is 5.77. The first-order valence-corrected chi connectivity index (χ1v) is 10.7. The van der Waals surface area contributed by atoms with Gasteiger partial charge in [0.25, 0.3) is 0 Å². The van der Waals surface area contributed by atoms with Crippen LogP contribution in [0.15, 0.2) is 12.3 Å². The van der Waals surface area contributed by atoms with Crippen LogP contribution in [0.1, 0.15) is 32.0 Å². The first-order chi connectivity index (χ1) is 11.1. The maximum absolute atomic E-state index is 10.6. The minimum Gasteiger partial charge on any atom is -0.489 e. The number of nitrogens with one attached hydrogen (secondary N) is 1. The van der Waals surface area contributed by atoms with E-state index in [0.717, 1.165) is 0 Å². The molecule has 0 aliphatic heterocycles. The van der Waals surface area contributed by atoms with Crippen molar-refractivity contribution in [3.63, 3.8) is 0 Å². The lowest BCUT2D eigenvalue weighted by Crippen LogP contribution is -2.41. The van der Waals surface area contributed by atoms with Crippen molar-refractivity contribution in [2.45, 2.75) is 45.4 Å². The standard InChI is InChI=1S/C17H26N2O4Si/c1-7-13-10-15(14(18-11-13)12-19-16(20)21)22-8-9-23-24(5,6)17(2,3)4/h1,10-11,19H,8-9,12H2,2-6H3,(H,20,21). The van der Waals surface area contributed by atoms with Gasteiger partial charge in [-0.25, -0.2) is 4.79 Å². The van der Waals surface area contributed by atoms with Gasteiger partial charge in [-0.05, 0) is 24.2 Å². The molecule has 2 N–H and O–H groups in total. The molecule has 0 saturated carbocycles. The predicted molar refractivity (Wildman–Crippen MR) is 95.7 cm³/mol. The van der Waals surface area contributed by atoms with Gasteiger partial charge in [0.1, 0.15) is 18.1 Å². The molecular weight excluding hydrogens is 324 g/mol. The Labute approximate surface area is 144 Å². The van der Waals surface area contributed by atoms with Crippen LogP contribution in [0, 0.1) is 12.3 Å². The van der Waals surface area contributed by atoms with Crippen LogP contribution in [0.3, 0.4) is 0 Å². The third-order valence-electron chi connectivity index (χ3n) is 4.11. The van der Waals surface area contributed by atoms with Gasteiger partial charge in [-0.1, -0.05) is 26.7 Å². The van der Waals surface area contributed by atoms with Gasteiger partial charge in [-0.15, -0.1) is 6.42 Å². The normalized spacial score (nSPS) is 11.7. The predicted octanol–water partition coefficient (Wildman–Crippen LogP) is 3.23. The van der Waals surface area contributed by atoms with E-state index >= 15 is 0 Å². The fourth-order valence-corrected chi connectivity index (χ4v) is 2.66. The number of hydrogen-bond donors (Lipinski definition) is 2. The van der Waals surface area contributed by atoms with Crippen molar-refractivity contribution in [2.75, 3.05) is 13.2 Å². The molecule has 0 unspecified atom stereocenters. The van der Waals surface area contributed by atoms with Crippen LogP contribution in [0.2, 0.25) is 18.1 Å². The molecule has 6 nitrogen and oxygen atoms in total. The second-order valence-electron chi connectivity index (χ2n) is 6.93. The summed E-state index contributed by atoms with van der Waals surface area (Å²) in [5, 5.41) is 11.1.